The second kappa shape index (κ2) is 12.4. The van der Waals surface area contributed by atoms with Gasteiger partial charge < -0.3 is 0 Å². The van der Waals surface area contributed by atoms with Gasteiger partial charge in [0.1, 0.15) is 0 Å². The molecule has 1 heterocycles. The van der Waals surface area contributed by atoms with E-state index in [2.05, 4.69) is 188 Å². The van der Waals surface area contributed by atoms with Crippen LogP contribution in [0.4, 0.5) is 0 Å². The summed E-state index contributed by atoms with van der Waals surface area (Å²) < 4.78 is 0. The summed E-state index contributed by atoms with van der Waals surface area (Å²) >= 11 is 0. The second-order valence-electron chi connectivity index (χ2n) is 14.3. The monoisotopic (exact) mass is 699 g/mol. The van der Waals surface area contributed by atoms with Gasteiger partial charge in [-0.3, -0.25) is 0 Å². The summed E-state index contributed by atoms with van der Waals surface area (Å²) in [6.07, 6.45) is 0. The molecule has 0 fully saturated rings. The maximum Gasteiger partial charge on any atom is 0.164 e. The Kier molecular flexibility index (Phi) is 7.08. The highest BCUT2D eigenvalue weighted by atomic mass is 15.0. The van der Waals surface area contributed by atoms with Crippen LogP contribution in [0.2, 0.25) is 0 Å². The van der Waals surface area contributed by atoms with E-state index in [1.165, 1.54) is 55.6 Å². The standard InChI is InChI=1S/C52H33N3/c1-3-13-34(14-4-1)36-23-27-38(28-24-36)49-53-50(39-29-25-37(26-30-39)35-15-5-2-6-16-35)55-51(54-49)40-31-32-44-43-19-9-12-22-47(43)52(48(44)33-40)45-20-10-7-17-41(45)42-18-8-11-21-46(42)52/h1-33H. The number of benzene rings is 8. The van der Waals surface area contributed by atoms with Crippen LogP contribution in [0.1, 0.15) is 22.3 Å². The number of nitrogens with zero attached hydrogens (tertiary/aromatic N) is 3. The second-order valence-corrected chi connectivity index (χ2v) is 14.3. The Balaban J connectivity index is 1.10. The molecule has 9 aromatic rings. The van der Waals surface area contributed by atoms with Gasteiger partial charge in [0.15, 0.2) is 17.5 Å². The summed E-state index contributed by atoms with van der Waals surface area (Å²) in [5.74, 6) is 1.93. The summed E-state index contributed by atoms with van der Waals surface area (Å²) in [6.45, 7) is 0. The van der Waals surface area contributed by atoms with Crippen molar-refractivity contribution in [3.05, 3.63) is 222 Å². The summed E-state index contributed by atoms with van der Waals surface area (Å²) in [5.41, 5.74) is 17.3. The van der Waals surface area contributed by atoms with E-state index < -0.39 is 5.41 Å². The van der Waals surface area contributed by atoms with E-state index in [1.54, 1.807) is 0 Å². The SMILES string of the molecule is c1ccc(-c2ccc(-c3nc(-c4ccc(-c5ccccc5)cc4)nc(-c4ccc5c(c4)C4(c6ccccc6-c6ccccc64)c4ccccc4-5)n3)cc2)cc1. The molecule has 8 aromatic carbocycles. The summed E-state index contributed by atoms with van der Waals surface area (Å²) in [4.78, 5) is 15.6. The molecule has 0 atom stereocenters. The lowest BCUT2D eigenvalue weighted by Gasteiger charge is -2.30. The topological polar surface area (TPSA) is 38.7 Å². The molecule has 3 heteroatoms. The molecular weight excluding hydrogens is 667 g/mol. The van der Waals surface area contributed by atoms with Gasteiger partial charge in [-0.2, -0.15) is 0 Å². The van der Waals surface area contributed by atoms with Crippen LogP contribution in [0.25, 0.3) is 78.7 Å². The van der Waals surface area contributed by atoms with Crippen LogP contribution >= 0.6 is 0 Å². The molecule has 2 aliphatic carbocycles. The Hall–Kier alpha value is -7.23. The minimum Gasteiger partial charge on any atom is -0.208 e. The normalized spacial score (nSPS) is 12.9. The number of fused-ring (bicyclic) bond motifs is 10. The van der Waals surface area contributed by atoms with Gasteiger partial charge in [0.05, 0.1) is 5.41 Å². The third kappa shape index (κ3) is 4.87. The molecule has 3 nitrogen and oxygen atoms in total. The molecule has 0 amide bonds. The van der Waals surface area contributed by atoms with Crippen LogP contribution in [0, 0.1) is 0 Å². The van der Waals surface area contributed by atoms with E-state index in [4.69, 9.17) is 15.0 Å². The minimum atomic E-state index is -0.450. The zero-order chi connectivity index (χ0) is 36.3. The molecule has 55 heavy (non-hydrogen) atoms. The van der Waals surface area contributed by atoms with Gasteiger partial charge in [-0.1, -0.05) is 194 Å². The molecule has 0 N–H and O–H groups in total. The molecule has 1 spiro atoms. The van der Waals surface area contributed by atoms with Gasteiger partial charge in [-0.15, -0.1) is 0 Å². The first-order chi connectivity index (χ1) is 27.3. The Labute approximate surface area is 320 Å². The van der Waals surface area contributed by atoms with Gasteiger partial charge >= 0.3 is 0 Å². The Morgan fingerprint density at radius 2 is 0.545 bits per heavy atom. The molecule has 2 aliphatic rings. The quantitative estimate of drug-likeness (QED) is 0.179. The number of hydrogen-bond donors (Lipinski definition) is 0. The molecule has 0 radical (unpaired) electrons. The molecule has 11 rings (SSSR count). The van der Waals surface area contributed by atoms with Crippen molar-refractivity contribution in [1.29, 1.82) is 0 Å². The van der Waals surface area contributed by atoms with Crippen LogP contribution in [-0.4, -0.2) is 15.0 Å². The lowest BCUT2D eigenvalue weighted by Crippen LogP contribution is -2.25. The molecule has 1 aromatic heterocycles. The van der Waals surface area contributed by atoms with Crippen molar-refractivity contribution in [2.75, 3.05) is 0 Å². The Morgan fingerprint density at radius 1 is 0.236 bits per heavy atom. The van der Waals surface area contributed by atoms with Crippen LogP contribution in [0.5, 0.6) is 0 Å². The third-order valence-electron chi connectivity index (χ3n) is 11.4. The van der Waals surface area contributed by atoms with E-state index in [9.17, 15) is 0 Å². The summed E-state index contributed by atoms with van der Waals surface area (Å²) in [5, 5.41) is 0. The molecule has 0 bridgehead atoms. The van der Waals surface area contributed by atoms with Crippen molar-refractivity contribution in [2.45, 2.75) is 5.41 Å². The molecule has 0 saturated heterocycles. The lowest BCUT2D eigenvalue weighted by atomic mass is 9.70. The first kappa shape index (κ1) is 31.3. The fourth-order valence-corrected chi connectivity index (χ4v) is 8.88. The van der Waals surface area contributed by atoms with Crippen molar-refractivity contribution in [3.8, 4) is 78.7 Å². The van der Waals surface area contributed by atoms with Crippen molar-refractivity contribution >= 4 is 0 Å². The van der Waals surface area contributed by atoms with Crippen LogP contribution in [0.15, 0.2) is 200 Å². The highest BCUT2D eigenvalue weighted by molar-refractivity contribution is 5.95. The molecule has 0 saturated carbocycles. The lowest BCUT2D eigenvalue weighted by molar-refractivity contribution is 0.794. The molecule has 0 unspecified atom stereocenters. The number of aromatic nitrogens is 3. The van der Waals surface area contributed by atoms with Crippen molar-refractivity contribution < 1.29 is 0 Å². The predicted molar refractivity (Wildman–Crippen MR) is 223 cm³/mol. The maximum atomic E-state index is 5.22. The minimum absolute atomic E-state index is 0.450. The Morgan fingerprint density at radius 3 is 0.982 bits per heavy atom. The van der Waals surface area contributed by atoms with E-state index in [0.717, 1.165) is 27.8 Å². The molecule has 0 aliphatic heterocycles. The van der Waals surface area contributed by atoms with Crippen LogP contribution in [-0.2, 0) is 5.41 Å². The highest BCUT2D eigenvalue weighted by Crippen LogP contribution is 2.63. The molecular formula is C52H33N3. The fraction of sp³-hybridized carbons (Fsp3) is 0.0192. The first-order valence-corrected chi connectivity index (χ1v) is 18.8. The Bertz CT molecular complexity index is 2730. The van der Waals surface area contributed by atoms with Crippen LogP contribution < -0.4 is 0 Å². The largest absolute Gasteiger partial charge is 0.208 e. The van der Waals surface area contributed by atoms with Gasteiger partial charge in [0, 0.05) is 16.7 Å². The average Bonchev–Trinajstić information content (AvgIpc) is 3.74. The summed E-state index contributed by atoms with van der Waals surface area (Å²) in [6, 6.07) is 71.4. The molecule has 256 valence electrons. The number of hydrogen-bond acceptors (Lipinski definition) is 3. The third-order valence-corrected chi connectivity index (χ3v) is 11.4. The fourth-order valence-electron chi connectivity index (χ4n) is 8.88. The predicted octanol–water partition coefficient (Wildman–Crippen LogP) is 12.6. The summed E-state index contributed by atoms with van der Waals surface area (Å²) in [7, 11) is 0. The van der Waals surface area contributed by atoms with Gasteiger partial charge in [0.25, 0.3) is 0 Å². The van der Waals surface area contributed by atoms with Crippen molar-refractivity contribution in [3.63, 3.8) is 0 Å². The smallest absolute Gasteiger partial charge is 0.164 e. The zero-order valence-electron chi connectivity index (χ0n) is 29.9. The van der Waals surface area contributed by atoms with Gasteiger partial charge in [0.2, 0.25) is 0 Å². The van der Waals surface area contributed by atoms with E-state index >= 15 is 0 Å². The van der Waals surface area contributed by atoms with E-state index in [1.807, 2.05) is 12.1 Å². The van der Waals surface area contributed by atoms with Crippen molar-refractivity contribution in [2.24, 2.45) is 0 Å². The zero-order valence-corrected chi connectivity index (χ0v) is 29.9. The number of rotatable bonds is 5. The highest BCUT2D eigenvalue weighted by Gasteiger charge is 2.51. The van der Waals surface area contributed by atoms with Crippen molar-refractivity contribution in [1.82, 2.24) is 15.0 Å². The van der Waals surface area contributed by atoms with Gasteiger partial charge in [-0.25, -0.2) is 15.0 Å². The van der Waals surface area contributed by atoms with Gasteiger partial charge in [-0.05, 0) is 72.8 Å². The average molecular weight is 700 g/mol. The maximum absolute atomic E-state index is 5.22. The first-order valence-electron chi connectivity index (χ1n) is 18.8. The van der Waals surface area contributed by atoms with E-state index in [-0.39, 0.29) is 0 Å². The van der Waals surface area contributed by atoms with E-state index in [0.29, 0.717) is 17.5 Å². The van der Waals surface area contributed by atoms with Crippen LogP contribution in [0.3, 0.4) is 0 Å².